The van der Waals surface area contributed by atoms with Crippen LogP contribution in [0.15, 0.2) is 114 Å². The fourth-order valence-electron chi connectivity index (χ4n) is 5.34. The highest BCUT2D eigenvalue weighted by molar-refractivity contribution is 5.77. The molecule has 0 fully saturated rings. The summed E-state index contributed by atoms with van der Waals surface area (Å²) >= 11 is 0. The second-order valence-electron chi connectivity index (χ2n) is 9.28. The summed E-state index contributed by atoms with van der Waals surface area (Å²) in [5.41, 5.74) is 11.9. The van der Waals surface area contributed by atoms with Crippen LogP contribution in [0.3, 0.4) is 0 Å². The van der Waals surface area contributed by atoms with E-state index < -0.39 is 0 Å². The molecule has 0 radical (unpaired) electrons. The SMILES string of the molecule is CC1=CNC(c2cc(-c3ccccc3)ccc2[C@H]2c3ccccc3C3=CC=C(C)CN32)C=C1. The van der Waals surface area contributed by atoms with Crippen LogP contribution in [-0.4, -0.2) is 11.4 Å². The number of hydrogen-bond donors (Lipinski definition) is 1. The average Bonchev–Trinajstić information content (AvgIpc) is 3.18. The first-order valence-electron chi connectivity index (χ1n) is 11.7. The van der Waals surface area contributed by atoms with Crippen LogP contribution in [0.5, 0.6) is 0 Å². The van der Waals surface area contributed by atoms with E-state index >= 15 is 0 Å². The number of allylic oxidation sites excluding steroid dienone is 4. The highest BCUT2D eigenvalue weighted by Crippen LogP contribution is 2.48. The molecule has 2 nitrogen and oxygen atoms in total. The molecule has 0 saturated heterocycles. The van der Waals surface area contributed by atoms with E-state index in [1.165, 1.54) is 50.2 Å². The lowest BCUT2D eigenvalue weighted by molar-refractivity contribution is 0.377. The van der Waals surface area contributed by atoms with Gasteiger partial charge in [0.05, 0.1) is 12.1 Å². The van der Waals surface area contributed by atoms with Crippen molar-refractivity contribution < 1.29 is 0 Å². The molecule has 6 rings (SSSR count). The minimum absolute atomic E-state index is 0.147. The minimum atomic E-state index is 0.147. The highest BCUT2D eigenvalue weighted by Gasteiger charge is 2.37. The van der Waals surface area contributed by atoms with E-state index in [-0.39, 0.29) is 12.1 Å². The van der Waals surface area contributed by atoms with Crippen molar-refractivity contribution in [1.82, 2.24) is 10.2 Å². The van der Waals surface area contributed by atoms with Gasteiger partial charge in [-0.05, 0) is 59.4 Å². The van der Waals surface area contributed by atoms with E-state index in [2.05, 4.69) is 127 Å². The molecule has 162 valence electrons. The van der Waals surface area contributed by atoms with Gasteiger partial charge in [-0.2, -0.15) is 0 Å². The van der Waals surface area contributed by atoms with Gasteiger partial charge in [-0.3, -0.25) is 0 Å². The van der Waals surface area contributed by atoms with Crippen molar-refractivity contribution in [1.29, 1.82) is 0 Å². The molecule has 1 unspecified atom stereocenters. The Labute approximate surface area is 196 Å². The quantitative estimate of drug-likeness (QED) is 0.476. The van der Waals surface area contributed by atoms with Crippen molar-refractivity contribution >= 4 is 5.70 Å². The Hall–Kier alpha value is -3.78. The van der Waals surface area contributed by atoms with Gasteiger partial charge in [0.15, 0.2) is 0 Å². The molecule has 33 heavy (non-hydrogen) atoms. The molecule has 0 saturated carbocycles. The van der Waals surface area contributed by atoms with Crippen molar-refractivity contribution in [2.45, 2.75) is 25.9 Å². The smallest absolute Gasteiger partial charge is 0.0809 e. The van der Waals surface area contributed by atoms with Crippen molar-refractivity contribution in [2.24, 2.45) is 0 Å². The maximum Gasteiger partial charge on any atom is 0.0809 e. The van der Waals surface area contributed by atoms with E-state index in [0.717, 1.165) is 6.54 Å². The van der Waals surface area contributed by atoms with Crippen LogP contribution in [-0.2, 0) is 0 Å². The third-order valence-corrected chi connectivity index (χ3v) is 6.96. The zero-order valence-corrected chi connectivity index (χ0v) is 19.1. The van der Waals surface area contributed by atoms with E-state index in [9.17, 15) is 0 Å². The fourth-order valence-corrected chi connectivity index (χ4v) is 5.34. The van der Waals surface area contributed by atoms with E-state index in [4.69, 9.17) is 0 Å². The van der Waals surface area contributed by atoms with E-state index in [0.29, 0.717) is 0 Å². The lowest BCUT2D eigenvalue weighted by atomic mass is 9.87. The third-order valence-electron chi connectivity index (χ3n) is 6.96. The zero-order chi connectivity index (χ0) is 22.4. The van der Waals surface area contributed by atoms with Gasteiger partial charge in [0.2, 0.25) is 0 Å². The summed E-state index contributed by atoms with van der Waals surface area (Å²) in [6.07, 6.45) is 11.2. The van der Waals surface area contributed by atoms with Gasteiger partial charge in [-0.25, -0.2) is 0 Å². The van der Waals surface area contributed by atoms with Crippen LogP contribution in [0, 0.1) is 0 Å². The molecule has 0 aliphatic carbocycles. The number of dihydropyridines is 1. The number of fused-ring (bicyclic) bond motifs is 3. The normalized spacial score (nSPS) is 20.9. The van der Waals surface area contributed by atoms with Crippen molar-refractivity contribution in [3.63, 3.8) is 0 Å². The predicted molar refractivity (Wildman–Crippen MR) is 137 cm³/mol. The number of nitrogens with one attached hydrogen (secondary N) is 1. The zero-order valence-electron chi connectivity index (χ0n) is 19.1. The maximum absolute atomic E-state index is 3.64. The van der Waals surface area contributed by atoms with Crippen LogP contribution in [0.4, 0.5) is 0 Å². The summed E-state index contributed by atoms with van der Waals surface area (Å²) in [5, 5.41) is 3.64. The Bertz CT molecular complexity index is 1340. The molecule has 3 heterocycles. The Morgan fingerprint density at radius 3 is 2.42 bits per heavy atom. The van der Waals surface area contributed by atoms with E-state index in [1.54, 1.807) is 0 Å². The average molecular weight is 429 g/mol. The Kier molecular flexibility index (Phi) is 4.80. The van der Waals surface area contributed by atoms with Crippen LogP contribution < -0.4 is 5.32 Å². The van der Waals surface area contributed by atoms with Crippen molar-refractivity contribution in [3.05, 3.63) is 137 Å². The van der Waals surface area contributed by atoms with Gasteiger partial charge in [-0.1, -0.05) is 90.5 Å². The molecule has 0 spiro atoms. The second-order valence-corrected chi connectivity index (χ2v) is 9.28. The van der Waals surface area contributed by atoms with Gasteiger partial charge >= 0.3 is 0 Å². The first kappa shape index (κ1) is 19.9. The van der Waals surface area contributed by atoms with Crippen LogP contribution >= 0.6 is 0 Å². The summed E-state index contributed by atoms with van der Waals surface area (Å²) < 4.78 is 0. The largest absolute Gasteiger partial charge is 0.380 e. The summed E-state index contributed by atoms with van der Waals surface area (Å²) in [5.74, 6) is 0. The Morgan fingerprint density at radius 2 is 1.61 bits per heavy atom. The van der Waals surface area contributed by atoms with Gasteiger partial charge in [0, 0.05) is 24.0 Å². The molecule has 0 bridgehead atoms. The molecular formula is C31H28N2. The molecule has 0 amide bonds. The molecule has 3 aliphatic heterocycles. The van der Waals surface area contributed by atoms with Crippen molar-refractivity contribution in [2.75, 3.05) is 6.54 Å². The minimum Gasteiger partial charge on any atom is -0.380 e. The second kappa shape index (κ2) is 7.97. The summed E-state index contributed by atoms with van der Waals surface area (Å²) in [7, 11) is 0. The van der Waals surface area contributed by atoms with Gasteiger partial charge < -0.3 is 10.2 Å². The monoisotopic (exact) mass is 428 g/mol. The topological polar surface area (TPSA) is 15.3 Å². The van der Waals surface area contributed by atoms with Crippen molar-refractivity contribution in [3.8, 4) is 11.1 Å². The summed E-state index contributed by atoms with van der Waals surface area (Å²) in [4.78, 5) is 2.58. The number of rotatable bonds is 3. The van der Waals surface area contributed by atoms with Crippen LogP contribution in [0.1, 0.15) is 48.2 Å². The molecule has 3 aromatic rings. The van der Waals surface area contributed by atoms with Crippen LogP contribution in [0.25, 0.3) is 16.8 Å². The number of benzene rings is 3. The molecule has 2 atom stereocenters. The fraction of sp³-hybridized carbons (Fsp3) is 0.161. The Morgan fingerprint density at radius 1 is 0.788 bits per heavy atom. The number of nitrogens with zero attached hydrogens (tertiary/aromatic N) is 1. The third kappa shape index (κ3) is 3.43. The molecule has 1 N–H and O–H groups in total. The van der Waals surface area contributed by atoms with Gasteiger partial charge in [-0.15, -0.1) is 0 Å². The maximum atomic E-state index is 3.64. The summed E-state index contributed by atoms with van der Waals surface area (Å²) in [6, 6.07) is 27.0. The first-order chi connectivity index (χ1) is 16.2. The molecule has 3 aliphatic rings. The molecular weight excluding hydrogens is 400 g/mol. The lowest BCUT2D eigenvalue weighted by Gasteiger charge is -2.33. The predicted octanol–water partition coefficient (Wildman–Crippen LogP) is 7.16. The van der Waals surface area contributed by atoms with Crippen LogP contribution in [0.2, 0.25) is 0 Å². The standard InChI is InChI=1S/C31H28N2/c1-21-12-16-29(32-19-21)28-18-24(23-8-4-3-5-9-23)14-15-27(28)31-26-11-7-6-10-25(26)30-17-13-22(2)20-33(30)31/h3-19,29,31-32H,20H2,1-2H3/t29?,31-/m1/s1. The highest BCUT2D eigenvalue weighted by atomic mass is 15.2. The molecule has 2 heteroatoms. The summed E-state index contributed by atoms with van der Waals surface area (Å²) in [6.45, 7) is 5.32. The molecule has 3 aromatic carbocycles. The van der Waals surface area contributed by atoms with Gasteiger partial charge in [0.1, 0.15) is 0 Å². The van der Waals surface area contributed by atoms with Gasteiger partial charge in [0.25, 0.3) is 0 Å². The number of hydrogen-bond acceptors (Lipinski definition) is 2. The molecule has 0 aromatic heterocycles. The lowest BCUT2D eigenvalue weighted by Crippen LogP contribution is -2.28. The Balaban J connectivity index is 1.53. The van der Waals surface area contributed by atoms with E-state index in [1.807, 2.05) is 0 Å². The first-order valence-corrected chi connectivity index (χ1v) is 11.7.